The molecule has 2 saturated heterocycles. The number of hydrogen-bond acceptors (Lipinski definition) is 7. The van der Waals surface area contributed by atoms with Crippen LogP contribution in [0.3, 0.4) is 0 Å². The largest absolute Gasteiger partial charge is 0.406 e. The van der Waals surface area contributed by atoms with Gasteiger partial charge in [0.1, 0.15) is 6.04 Å². The second-order valence-electron chi connectivity index (χ2n) is 4.38. The van der Waals surface area contributed by atoms with Crippen LogP contribution in [0.4, 0.5) is 10.8 Å². The zero-order valence-corrected chi connectivity index (χ0v) is 10.8. The number of thioether (sulfide) groups is 1. The van der Waals surface area contributed by atoms with Crippen molar-refractivity contribution in [3.05, 3.63) is 5.89 Å². The second-order valence-corrected chi connectivity index (χ2v) is 5.37. The lowest BCUT2D eigenvalue weighted by Gasteiger charge is -2.06. The SMILES string of the molecule is O=C1NC(C(=O)Nc2nnc(C3CCCN3)o2)CS1. The average molecular weight is 283 g/mol. The van der Waals surface area contributed by atoms with Gasteiger partial charge in [0, 0.05) is 5.75 Å². The van der Waals surface area contributed by atoms with Gasteiger partial charge in [-0.2, -0.15) is 0 Å². The maximum atomic E-state index is 11.8. The molecule has 2 atom stereocenters. The van der Waals surface area contributed by atoms with E-state index < -0.39 is 6.04 Å². The van der Waals surface area contributed by atoms with Gasteiger partial charge in [-0.25, -0.2) is 0 Å². The minimum absolute atomic E-state index is 0.0693. The average Bonchev–Trinajstić information content (AvgIpc) is 3.07. The van der Waals surface area contributed by atoms with E-state index in [2.05, 4.69) is 26.1 Å². The molecule has 2 aliphatic heterocycles. The maximum Gasteiger partial charge on any atom is 0.322 e. The molecule has 8 nitrogen and oxygen atoms in total. The highest BCUT2D eigenvalue weighted by molar-refractivity contribution is 8.14. The molecule has 0 bridgehead atoms. The van der Waals surface area contributed by atoms with Gasteiger partial charge < -0.3 is 15.1 Å². The fourth-order valence-corrected chi connectivity index (χ4v) is 2.82. The molecule has 0 aliphatic carbocycles. The van der Waals surface area contributed by atoms with E-state index in [1.165, 1.54) is 0 Å². The van der Waals surface area contributed by atoms with E-state index in [1.54, 1.807) is 0 Å². The molecule has 3 N–H and O–H groups in total. The molecule has 3 rings (SSSR count). The van der Waals surface area contributed by atoms with Crippen LogP contribution in [0, 0.1) is 0 Å². The van der Waals surface area contributed by atoms with Gasteiger partial charge in [-0.15, -0.1) is 5.10 Å². The maximum absolute atomic E-state index is 11.8. The highest BCUT2D eigenvalue weighted by Gasteiger charge is 2.29. The van der Waals surface area contributed by atoms with Gasteiger partial charge in [0.05, 0.1) is 6.04 Å². The summed E-state index contributed by atoms with van der Waals surface area (Å²) >= 11 is 1.08. The Kier molecular flexibility index (Phi) is 3.38. The summed E-state index contributed by atoms with van der Waals surface area (Å²) in [5.41, 5.74) is 0. The quantitative estimate of drug-likeness (QED) is 0.729. The molecule has 3 heterocycles. The monoisotopic (exact) mass is 283 g/mol. The minimum Gasteiger partial charge on any atom is -0.406 e. The zero-order valence-electron chi connectivity index (χ0n) is 10.0. The van der Waals surface area contributed by atoms with Crippen molar-refractivity contribution in [2.45, 2.75) is 24.9 Å². The summed E-state index contributed by atoms with van der Waals surface area (Å²) in [6.45, 7) is 0.931. The molecule has 0 spiro atoms. The van der Waals surface area contributed by atoms with Gasteiger partial charge >= 0.3 is 6.01 Å². The van der Waals surface area contributed by atoms with Gasteiger partial charge in [-0.1, -0.05) is 16.9 Å². The van der Waals surface area contributed by atoms with Gasteiger partial charge in [0.15, 0.2) is 0 Å². The summed E-state index contributed by atoms with van der Waals surface area (Å²) in [5.74, 6) is 0.557. The van der Waals surface area contributed by atoms with Crippen LogP contribution in [0.1, 0.15) is 24.8 Å². The molecule has 2 amide bonds. The van der Waals surface area contributed by atoms with Gasteiger partial charge in [0.2, 0.25) is 5.89 Å². The first kappa shape index (κ1) is 12.4. The number of nitrogens with zero attached hydrogens (tertiary/aromatic N) is 2. The molecule has 2 unspecified atom stereocenters. The van der Waals surface area contributed by atoms with Crippen molar-refractivity contribution in [2.24, 2.45) is 0 Å². The Labute approximate surface area is 113 Å². The number of amides is 2. The normalized spacial score (nSPS) is 26.4. The standard InChI is InChI=1S/C10H13N5O3S/c16-7(6-4-19-10(17)12-6)13-9-15-14-8(18-9)5-2-1-3-11-5/h5-6,11H,1-4H2,(H,12,17)(H,13,15,16). The predicted octanol–water partition coefficient (Wildman–Crippen LogP) is 0.258. The molecular weight excluding hydrogens is 270 g/mol. The Bertz CT molecular complexity index is 499. The molecule has 102 valence electrons. The minimum atomic E-state index is -0.544. The molecule has 0 saturated carbocycles. The van der Waals surface area contributed by atoms with Crippen molar-refractivity contribution in [1.29, 1.82) is 0 Å². The number of nitrogens with one attached hydrogen (secondary N) is 3. The number of carbonyl (C=O) groups is 2. The van der Waals surface area contributed by atoms with Gasteiger partial charge in [-0.05, 0) is 19.4 Å². The van der Waals surface area contributed by atoms with Gasteiger partial charge in [0.25, 0.3) is 11.1 Å². The van der Waals surface area contributed by atoms with Crippen molar-refractivity contribution in [1.82, 2.24) is 20.8 Å². The van der Waals surface area contributed by atoms with Gasteiger partial charge in [-0.3, -0.25) is 14.9 Å². The van der Waals surface area contributed by atoms with Crippen molar-refractivity contribution in [2.75, 3.05) is 17.6 Å². The Morgan fingerprint density at radius 2 is 2.37 bits per heavy atom. The van der Waals surface area contributed by atoms with Crippen LogP contribution < -0.4 is 16.0 Å². The van der Waals surface area contributed by atoms with Crippen molar-refractivity contribution in [3.63, 3.8) is 0 Å². The molecule has 9 heteroatoms. The molecule has 19 heavy (non-hydrogen) atoms. The number of carbonyl (C=O) groups excluding carboxylic acids is 2. The first-order chi connectivity index (χ1) is 9.22. The molecule has 2 aliphatic rings. The van der Waals surface area contributed by atoms with E-state index in [-0.39, 0.29) is 23.2 Å². The lowest BCUT2D eigenvalue weighted by Crippen LogP contribution is -2.38. The third-order valence-corrected chi connectivity index (χ3v) is 3.90. The summed E-state index contributed by atoms with van der Waals surface area (Å²) in [6.07, 6.45) is 2.02. The van der Waals surface area contributed by atoms with Crippen LogP contribution in [0.15, 0.2) is 4.42 Å². The van der Waals surface area contributed by atoms with Crippen molar-refractivity contribution < 1.29 is 14.0 Å². The lowest BCUT2D eigenvalue weighted by atomic mass is 10.2. The third kappa shape index (κ3) is 2.71. The fourth-order valence-electron chi connectivity index (χ4n) is 2.04. The number of rotatable bonds is 3. The van der Waals surface area contributed by atoms with Crippen molar-refractivity contribution >= 4 is 28.9 Å². The smallest absolute Gasteiger partial charge is 0.322 e. The van der Waals surface area contributed by atoms with E-state index in [0.29, 0.717) is 11.6 Å². The molecule has 0 aromatic carbocycles. The van der Waals surface area contributed by atoms with E-state index in [4.69, 9.17) is 4.42 Å². The summed E-state index contributed by atoms with van der Waals surface area (Å²) in [4.78, 5) is 22.8. The van der Waals surface area contributed by atoms with Crippen LogP contribution in [-0.4, -0.2) is 39.7 Å². The number of hydrogen-bond donors (Lipinski definition) is 3. The lowest BCUT2D eigenvalue weighted by molar-refractivity contribution is -0.117. The Balaban J connectivity index is 1.60. The first-order valence-electron chi connectivity index (χ1n) is 6.03. The Hall–Kier alpha value is -1.61. The summed E-state index contributed by atoms with van der Waals surface area (Å²) in [6, 6.07) is -0.405. The fraction of sp³-hybridized carbons (Fsp3) is 0.600. The number of anilines is 1. The first-order valence-corrected chi connectivity index (χ1v) is 7.02. The zero-order chi connectivity index (χ0) is 13.2. The topological polar surface area (TPSA) is 109 Å². The molecule has 1 aromatic rings. The van der Waals surface area contributed by atoms with Crippen LogP contribution >= 0.6 is 11.8 Å². The van der Waals surface area contributed by atoms with Crippen LogP contribution in [0.5, 0.6) is 0 Å². The van der Waals surface area contributed by atoms with E-state index in [1.807, 2.05) is 0 Å². The van der Waals surface area contributed by atoms with E-state index >= 15 is 0 Å². The molecule has 0 radical (unpaired) electrons. The molecule has 2 fully saturated rings. The van der Waals surface area contributed by atoms with Crippen molar-refractivity contribution in [3.8, 4) is 0 Å². The predicted molar refractivity (Wildman–Crippen MR) is 67.7 cm³/mol. The van der Waals surface area contributed by atoms with E-state index in [0.717, 1.165) is 31.1 Å². The molecule has 1 aromatic heterocycles. The summed E-state index contributed by atoms with van der Waals surface area (Å²) in [7, 11) is 0. The molecular formula is C10H13N5O3S. The highest BCUT2D eigenvalue weighted by atomic mass is 32.2. The van der Waals surface area contributed by atoms with Crippen LogP contribution in [-0.2, 0) is 4.79 Å². The Morgan fingerprint density at radius 1 is 1.47 bits per heavy atom. The van der Waals surface area contributed by atoms with Crippen LogP contribution in [0.25, 0.3) is 0 Å². The summed E-state index contributed by atoms with van der Waals surface area (Å²) < 4.78 is 5.39. The highest BCUT2D eigenvalue weighted by Crippen LogP contribution is 2.23. The number of aromatic nitrogens is 2. The third-order valence-electron chi connectivity index (χ3n) is 3.02. The summed E-state index contributed by atoms with van der Waals surface area (Å²) in [5, 5.41) is 15.8. The second kappa shape index (κ2) is 5.17. The van der Waals surface area contributed by atoms with E-state index in [9.17, 15) is 9.59 Å². The Morgan fingerprint density at radius 3 is 3.05 bits per heavy atom. The van der Waals surface area contributed by atoms with Crippen LogP contribution in [0.2, 0.25) is 0 Å².